The largest absolute Gasteiger partial charge is 0.382 e. The van der Waals surface area contributed by atoms with E-state index in [2.05, 4.69) is 5.32 Å². The van der Waals surface area contributed by atoms with E-state index in [1.54, 1.807) is 7.11 Å². The van der Waals surface area contributed by atoms with E-state index in [0.29, 0.717) is 26.1 Å². The van der Waals surface area contributed by atoms with Crippen LogP contribution in [0.3, 0.4) is 0 Å². The van der Waals surface area contributed by atoms with Crippen LogP contribution in [0.4, 0.5) is 4.39 Å². The first kappa shape index (κ1) is 14.1. The van der Waals surface area contributed by atoms with Crippen molar-refractivity contribution in [2.45, 2.75) is 18.5 Å². The van der Waals surface area contributed by atoms with E-state index < -0.39 is 5.67 Å². The summed E-state index contributed by atoms with van der Waals surface area (Å²) in [5.74, 6) is 0. The second kappa shape index (κ2) is 7.40. The molecular weight excluding hydrogens is 209 g/mol. The maximum Gasteiger partial charge on any atom is 0.136 e. The van der Waals surface area contributed by atoms with Gasteiger partial charge in [-0.2, -0.15) is 0 Å². The summed E-state index contributed by atoms with van der Waals surface area (Å²) in [6.45, 7) is 2.73. The predicted molar refractivity (Wildman–Crippen MR) is 55.9 cm³/mol. The molecule has 1 N–H and O–H groups in total. The first-order valence-electron chi connectivity index (χ1n) is 4.73. The van der Waals surface area contributed by atoms with Crippen molar-refractivity contribution in [1.29, 1.82) is 0 Å². The van der Waals surface area contributed by atoms with Gasteiger partial charge in [0.15, 0.2) is 0 Å². The minimum absolute atomic E-state index is 0. The molecular formula is C9H19ClFNO2. The summed E-state index contributed by atoms with van der Waals surface area (Å²) >= 11 is 0. The molecule has 5 heteroatoms. The Morgan fingerprint density at radius 3 is 2.50 bits per heavy atom. The lowest BCUT2D eigenvalue weighted by Crippen LogP contribution is -2.42. The number of halogens is 2. The number of rotatable bonds is 5. The second-order valence-electron chi connectivity index (χ2n) is 3.45. The van der Waals surface area contributed by atoms with Crippen molar-refractivity contribution in [3.8, 4) is 0 Å². The fourth-order valence-electron chi connectivity index (χ4n) is 1.42. The average Bonchev–Trinajstić information content (AvgIpc) is 2.14. The highest BCUT2D eigenvalue weighted by Gasteiger charge is 2.31. The molecule has 0 bridgehead atoms. The first-order chi connectivity index (χ1) is 6.27. The number of hydrogen-bond donors (Lipinski definition) is 1. The zero-order valence-corrected chi connectivity index (χ0v) is 9.37. The molecule has 1 fully saturated rings. The third kappa shape index (κ3) is 5.10. The standard InChI is InChI=1S/C9H18FNO2.ClH/c1-12-6-7-13-8-9(10)2-4-11-5-3-9;/h11H,2-8H2,1H3;1H. The van der Waals surface area contributed by atoms with Crippen molar-refractivity contribution in [2.24, 2.45) is 0 Å². The highest BCUT2D eigenvalue weighted by Crippen LogP contribution is 2.23. The van der Waals surface area contributed by atoms with Gasteiger partial charge in [-0.25, -0.2) is 4.39 Å². The molecule has 1 saturated heterocycles. The highest BCUT2D eigenvalue weighted by molar-refractivity contribution is 5.85. The lowest BCUT2D eigenvalue weighted by Gasteiger charge is -2.29. The van der Waals surface area contributed by atoms with Crippen LogP contribution in [0, 0.1) is 0 Å². The Morgan fingerprint density at radius 2 is 1.93 bits per heavy atom. The Morgan fingerprint density at radius 1 is 1.29 bits per heavy atom. The van der Waals surface area contributed by atoms with E-state index in [-0.39, 0.29) is 19.0 Å². The van der Waals surface area contributed by atoms with Crippen molar-refractivity contribution in [3.05, 3.63) is 0 Å². The summed E-state index contributed by atoms with van der Waals surface area (Å²) in [5.41, 5.74) is -1.11. The molecule has 0 radical (unpaired) electrons. The molecule has 0 aromatic rings. The first-order valence-corrected chi connectivity index (χ1v) is 4.73. The topological polar surface area (TPSA) is 30.5 Å². The quantitative estimate of drug-likeness (QED) is 0.716. The van der Waals surface area contributed by atoms with Crippen LogP contribution in [-0.4, -0.2) is 45.7 Å². The smallest absolute Gasteiger partial charge is 0.136 e. The number of methoxy groups -OCH3 is 1. The van der Waals surface area contributed by atoms with Gasteiger partial charge in [0.25, 0.3) is 0 Å². The van der Waals surface area contributed by atoms with Crippen molar-refractivity contribution in [2.75, 3.05) is 40.0 Å². The van der Waals surface area contributed by atoms with E-state index in [0.717, 1.165) is 13.1 Å². The Balaban J connectivity index is 0.00000169. The van der Waals surface area contributed by atoms with Crippen molar-refractivity contribution >= 4 is 12.4 Å². The monoisotopic (exact) mass is 227 g/mol. The molecule has 0 aliphatic carbocycles. The van der Waals surface area contributed by atoms with Gasteiger partial charge in [0, 0.05) is 7.11 Å². The Kier molecular flexibility index (Phi) is 7.45. The van der Waals surface area contributed by atoms with E-state index in [9.17, 15) is 4.39 Å². The highest BCUT2D eigenvalue weighted by atomic mass is 35.5. The molecule has 0 saturated carbocycles. The maximum atomic E-state index is 13.8. The number of alkyl halides is 1. The third-order valence-electron chi connectivity index (χ3n) is 2.29. The minimum atomic E-state index is -1.11. The summed E-state index contributed by atoms with van der Waals surface area (Å²) < 4.78 is 23.8. The van der Waals surface area contributed by atoms with Crippen molar-refractivity contribution in [3.63, 3.8) is 0 Å². The maximum absolute atomic E-state index is 13.8. The fraction of sp³-hybridized carbons (Fsp3) is 1.00. The lowest BCUT2D eigenvalue weighted by molar-refractivity contribution is -0.0189. The van der Waals surface area contributed by atoms with Gasteiger partial charge in [0.1, 0.15) is 5.67 Å². The Hall–Kier alpha value is 0.1000. The summed E-state index contributed by atoms with van der Waals surface area (Å²) in [7, 11) is 1.61. The van der Waals surface area contributed by atoms with Gasteiger partial charge >= 0.3 is 0 Å². The Labute approximate surface area is 90.7 Å². The number of piperidine rings is 1. The second-order valence-corrected chi connectivity index (χ2v) is 3.45. The third-order valence-corrected chi connectivity index (χ3v) is 2.29. The SMILES string of the molecule is COCCOCC1(F)CCNCC1.Cl. The molecule has 86 valence electrons. The van der Waals surface area contributed by atoms with Gasteiger partial charge in [-0.1, -0.05) is 0 Å². The molecule has 1 aliphatic rings. The lowest BCUT2D eigenvalue weighted by atomic mass is 9.96. The van der Waals surface area contributed by atoms with Crippen LogP contribution < -0.4 is 5.32 Å². The molecule has 0 amide bonds. The van der Waals surface area contributed by atoms with Gasteiger partial charge in [0.05, 0.1) is 19.8 Å². The van der Waals surface area contributed by atoms with Crippen LogP contribution >= 0.6 is 12.4 Å². The van der Waals surface area contributed by atoms with Gasteiger partial charge in [0.2, 0.25) is 0 Å². The normalized spacial score (nSPS) is 20.1. The molecule has 3 nitrogen and oxygen atoms in total. The van der Waals surface area contributed by atoms with Gasteiger partial charge < -0.3 is 14.8 Å². The van der Waals surface area contributed by atoms with Gasteiger partial charge in [-0.15, -0.1) is 12.4 Å². The van der Waals surface area contributed by atoms with Crippen LogP contribution in [-0.2, 0) is 9.47 Å². The molecule has 0 atom stereocenters. The fourth-order valence-corrected chi connectivity index (χ4v) is 1.42. The molecule has 1 rings (SSSR count). The van der Waals surface area contributed by atoms with Crippen LogP contribution in [0.25, 0.3) is 0 Å². The predicted octanol–water partition coefficient (Wildman–Crippen LogP) is 1.16. The zero-order valence-electron chi connectivity index (χ0n) is 8.55. The molecule has 14 heavy (non-hydrogen) atoms. The Bertz CT molecular complexity index is 143. The molecule has 1 heterocycles. The van der Waals surface area contributed by atoms with E-state index >= 15 is 0 Å². The number of hydrogen-bond acceptors (Lipinski definition) is 3. The van der Waals surface area contributed by atoms with Crippen LogP contribution in [0.15, 0.2) is 0 Å². The van der Waals surface area contributed by atoms with Crippen molar-refractivity contribution in [1.82, 2.24) is 5.32 Å². The van der Waals surface area contributed by atoms with Crippen LogP contribution in [0.2, 0.25) is 0 Å². The summed E-state index contributed by atoms with van der Waals surface area (Å²) in [6.07, 6.45) is 1.11. The van der Waals surface area contributed by atoms with Gasteiger partial charge in [-0.05, 0) is 25.9 Å². The van der Waals surface area contributed by atoms with Crippen LogP contribution in [0.5, 0.6) is 0 Å². The van der Waals surface area contributed by atoms with Crippen molar-refractivity contribution < 1.29 is 13.9 Å². The summed E-state index contributed by atoms with van der Waals surface area (Å²) in [4.78, 5) is 0. The summed E-state index contributed by atoms with van der Waals surface area (Å²) in [6, 6.07) is 0. The van der Waals surface area contributed by atoms with E-state index in [4.69, 9.17) is 9.47 Å². The van der Waals surface area contributed by atoms with Gasteiger partial charge in [-0.3, -0.25) is 0 Å². The van der Waals surface area contributed by atoms with E-state index in [1.165, 1.54) is 0 Å². The number of ether oxygens (including phenoxy) is 2. The molecule has 0 unspecified atom stereocenters. The number of nitrogens with one attached hydrogen (secondary N) is 1. The zero-order chi connectivity index (χ0) is 9.57. The molecule has 1 aliphatic heterocycles. The van der Waals surface area contributed by atoms with Crippen LogP contribution in [0.1, 0.15) is 12.8 Å². The molecule has 0 aromatic carbocycles. The summed E-state index contributed by atoms with van der Waals surface area (Å²) in [5, 5.41) is 3.12. The molecule has 0 aromatic heterocycles. The average molecular weight is 228 g/mol. The van der Waals surface area contributed by atoms with E-state index in [1.807, 2.05) is 0 Å². The molecule has 0 spiro atoms. The minimum Gasteiger partial charge on any atom is -0.382 e.